The summed E-state index contributed by atoms with van der Waals surface area (Å²) in [5.41, 5.74) is 15.8. The van der Waals surface area contributed by atoms with Crippen molar-refractivity contribution in [1.29, 1.82) is 0 Å². The van der Waals surface area contributed by atoms with E-state index in [9.17, 15) is 0 Å². The highest BCUT2D eigenvalue weighted by Gasteiger charge is 2.57. The molecule has 2 aliphatic rings. The molecule has 0 aromatic heterocycles. The molecule has 306 valence electrons. The normalized spacial score (nSPS) is 18.7. The van der Waals surface area contributed by atoms with E-state index in [1.807, 2.05) is 0 Å². The van der Waals surface area contributed by atoms with E-state index in [1.54, 1.807) is 0 Å². The molecule has 10 aromatic carbocycles. The lowest BCUT2D eigenvalue weighted by Crippen LogP contribution is -2.54. The third-order valence-electron chi connectivity index (χ3n) is 15.6. The van der Waals surface area contributed by atoms with Crippen molar-refractivity contribution in [2.24, 2.45) is 0 Å². The van der Waals surface area contributed by atoms with Gasteiger partial charge in [-0.05, 0) is 160 Å². The second-order valence-electron chi connectivity index (χ2n) is 20.0. The number of benzene rings is 10. The summed E-state index contributed by atoms with van der Waals surface area (Å²) in [6.45, 7) is 12.0. The lowest BCUT2D eigenvalue weighted by Gasteiger charge is -2.50. The number of anilines is 2. The minimum absolute atomic E-state index is 0.00326. The lowest BCUT2D eigenvalue weighted by atomic mass is 9.61. The van der Waals surface area contributed by atoms with Crippen LogP contribution in [0.15, 0.2) is 182 Å². The highest BCUT2D eigenvalue weighted by Crippen LogP contribution is 2.61. The Kier molecular flexibility index (Phi) is 8.39. The van der Waals surface area contributed by atoms with Crippen LogP contribution in [0.3, 0.4) is 0 Å². The van der Waals surface area contributed by atoms with Crippen molar-refractivity contribution in [3.63, 3.8) is 0 Å². The molecule has 0 N–H and O–H groups in total. The molecular weight excluding hydrogens is 759 g/mol. The van der Waals surface area contributed by atoms with Gasteiger partial charge in [0, 0.05) is 16.8 Å². The molecule has 0 radical (unpaired) electrons. The second-order valence-corrected chi connectivity index (χ2v) is 20.0. The summed E-state index contributed by atoms with van der Waals surface area (Å²) in [5, 5.41) is 10.4. The molecule has 1 saturated carbocycles. The molecule has 1 aliphatic heterocycles. The standard InChI is InChI=1S/C62H53N/c1-60(2,3)44-26-28-45(29-27-44)63-57-34-25-43(37-56(57)61(4)35-14-15-36-62(61,63)5)54-38-52(41-17-8-6-9-18-41)48-32-33-51-55(47-24-16-22-40-21-12-13-23-46(40)47)39-53(42-19-10-7-11-20-42)49-30-31-50(54)58(48)59(49)51/h6-13,16-34,37-39H,14-15,35-36H2,1-5H3. The average molecular weight is 812 g/mol. The van der Waals surface area contributed by atoms with Crippen LogP contribution in [0.1, 0.15) is 71.4 Å². The van der Waals surface area contributed by atoms with Gasteiger partial charge in [-0.15, -0.1) is 0 Å². The third kappa shape index (κ3) is 5.61. The van der Waals surface area contributed by atoms with Crippen LogP contribution < -0.4 is 4.90 Å². The molecule has 2 atom stereocenters. The van der Waals surface area contributed by atoms with Crippen molar-refractivity contribution in [3.05, 3.63) is 193 Å². The third-order valence-corrected chi connectivity index (χ3v) is 15.6. The maximum absolute atomic E-state index is 2.72. The van der Waals surface area contributed by atoms with Gasteiger partial charge in [0.15, 0.2) is 0 Å². The molecule has 2 unspecified atom stereocenters. The molecule has 63 heavy (non-hydrogen) atoms. The summed E-state index contributed by atoms with van der Waals surface area (Å²) in [7, 11) is 0. The first-order valence-corrected chi connectivity index (χ1v) is 23.1. The van der Waals surface area contributed by atoms with E-state index in [1.165, 1.54) is 136 Å². The van der Waals surface area contributed by atoms with E-state index < -0.39 is 0 Å². The topological polar surface area (TPSA) is 3.24 Å². The van der Waals surface area contributed by atoms with Crippen molar-refractivity contribution in [2.75, 3.05) is 4.90 Å². The van der Waals surface area contributed by atoms with Gasteiger partial charge < -0.3 is 4.90 Å². The van der Waals surface area contributed by atoms with Gasteiger partial charge in [0.05, 0.1) is 5.54 Å². The van der Waals surface area contributed by atoms with E-state index in [4.69, 9.17) is 0 Å². The highest BCUT2D eigenvalue weighted by molar-refractivity contribution is 6.32. The Morgan fingerprint density at radius 2 is 0.968 bits per heavy atom. The summed E-state index contributed by atoms with van der Waals surface area (Å²) >= 11 is 0. The fraction of sp³-hybridized carbons (Fsp3) is 0.194. The van der Waals surface area contributed by atoms with Crippen LogP contribution in [0, 0.1) is 0 Å². The number of fused-ring (bicyclic) bond motifs is 4. The fourth-order valence-electron chi connectivity index (χ4n) is 12.0. The second kappa shape index (κ2) is 13.9. The van der Waals surface area contributed by atoms with Gasteiger partial charge in [0.1, 0.15) is 0 Å². The summed E-state index contributed by atoms with van der Waals surface area (Å²) in [4.78, 5) is 2.72. The minimum atomic E-state index is -0.0286. The Morgan fingerprint density at radius 1 is 0.429 bits per heavy atom. The molecule has 12 rings (SSSR count). The minimum Gasteiger partial charge on any atom is -0.334 e. The predicted octanol–water partition coefficient (Wildman–Crippen LogP) is 17.4. The van der Waals surface area contributed by atoms with Crippen molar-refractivity contribution < 1.29 is 0 Å². The first kappa shape index (κ1) is 38.0. The molecule has 0 saturated heterocycles. The van der Waals surface area contributed by atoms with Crippen LogP contribution in [0.4, 0.5) is 11.4 Å². The van der Waals surface area contributed by atoms with Crippen molar-refractivity contribution in [2.45, 2.75) is 76.7 Å². The summed E-state index contributed by atoms with van der Waals surface area (Å²) in [6.07, 6.45) is 4.87. The van der Waals surface area contributed by atoms with Crippen LogP contribution in [-0.4, -0.2) is 5.54 Å². The van der Waals surface area contributed by atoms with Gasteiger partial charge in [-0.25, -0.2) is 0 Å². The first-order chi connectivity index (χ1) is 30.6. The molecule has 0 spiro atoms. The molecule has 1 fully saturated rings. The molecule has 0 amide bonds. The maximum Gasteiger partial charge on any atom is 0.0517 e. The largest absolute Gasteiger partial charge is 0.334 e. The van der Waals surface area contributed by atoms with E-state index in [2.05, 4.69) is 222 Å². The van der Waals surface area contributed by atoms with Crippen LogP contribution >= 0.6 is 0 Å². The fourth-order valence-corrected chi connectivity index (χ4v) is 12.0. The Balaban J connectivity index is 1.15. The molecule has 1 nitrogen and oxygen atoms in total. The lowest BCUT2D eigenvalue weighted by molar-refractivity contribution is 0.195. The van der Waals surface area contributed by atoms with E-state index >= 15 is 0 Å². The average Bonchev–Trinajstić information content (AvgIpc) is 3.53. The predicted molar refractivity (Wildman–Crippen MR) is 271 cm³/mol. The van der Waals surface area contributed by atoms with Gasteiger partial charge in [-0.3, -0.25) is 0 Å². The highest BCUT2D eigenvalue weighted by atomic mass is 15.3. The zero-order valence-electron chi connectivity index (χ0n) is 37.1. The van der Waals surface area contributed by atoms with Crippen LogP contribution in [-0.2, 0) is 10.8 Å². The van der Waals surface area contributed by atoms with Gasteiger partial charge in [-0.1, -0.05) is 186 Å². The Bertz CT molecular complexity index is 3390. The zero-order chi connectivity index (χ0) is 42.7. The van der Waals surface area contributed by atoms with E-state index in [0.29, 0.717) is 0 Å². The smallest absolute Gasteiger partial charge is 0.0517 e. The Morgan fingerprint density at radius 3 is 1.60 bits per heavy atom. The van der Waals surface area contributed by atoms with Crippen molar-refractivity contribution in [1.82, 2.24) is 0 Å². The van der Waals surface area contributed by atoms with Gasteiger partial charge in [-0.2, -0.15) is 0 Å². The quantitative estimate of drug-likeness (QED) is 0.157. The maximum atomic E-state index is 2.72. The summed E-state index contributed by atoms with van der Waals surface area (Å²) < 4.78 is 0. The molecule has 1 aliphatic carbocycles. The van der Waals surface area contributed by atoms with E-state index in [0.717, 1.165) is 0 Å². The first-order valence-electron chi connectivity index (χ1n) is 23.1. The van der Waals surface area contributed by atoms with Crippen molar-refractivity contribution in [3.8, 4) is 44.5 Å². The summed E-state index contributed by atoms with van der Waals surface area (Å²) in [6, 6.07) is 69.3. The molecular formula is C62H53N. The Hall–Kier alpha value is -6.70. The molecule has 1 heterocycles. The summed E-state index contributed by atoms with van der Waals surface area (Å²) in [5.74, 6) is 0. The van der Waals surface area contributed by atoms with Gasteiger partial charge >= 0.3 is 0 Å². The number of rotatable bonds is 5. The molecule has 0 bridgehead atoms. The SMILES string of the molecule is CC(C)(C)c1ccc(N2c3ccc(-c4cc(-c5ccccc5)c5ccc6c(-c7cccc8ccccc78)cc(-c7ccccc7)c7ccc4c5c76)cc3C3(C)CCCCC23C)cc1. The van der Waals surface area contributed by atoms with Gasteiger partial charge in [0.25, 0.3) is 0 Å². The van der Waals surface area contributed by atoms with Crippen LogP contribution in [0.25, 0.3) is 87.6 Å². The molecule has 10 aromatic rings. The van der Waals surface area contributed by atoms with Crippen molar-refractivity contribution >= 4 is 54.5 Å². The van der Waals surface area contributed by atoms with Crippen LogP contribution in [0.2, 0.25) is 0 Å². The number of hydrogen-bond donors (Lipinski definition) is 0. The zero-order valence-corrected chi connectivity index (χ0v) is 37.1. The number of nitrogens with zero attached hydrogens (tertiary/aromatic N) is 1. The van der Waals surface area contributed by atoms with Crippen LogP contribution in [0.5, 0.6) is 0 Å². The molecule has 1 heteroatoms. The van der Waals surface area contributed by atoms with Gasteiger partial charge in [0.2, 0.25) is 0 Å². The Labute approximate surface area is 372 Å². The number of hydrogen-bond acceptors (Lipinski definition) is 1. The monoisotopic (exact) mass is 811 g/mol. The van der Waals surface area contributed by atoms with E-state index in [-0.39, 0.29) is 16.4 Å².